The maximum Gasteiger partial charge on any atom is 0.332 e. The maximum atomic E-state index is 11.8. The van der Waals surface area contributed by atoms with Gasteiger partial charge in [-0.3, -0.25) is 9.78 Å². The molecule has 1 aliphatic heterocycles. The topological polar surface area (TPSA) is 143 Å². The van der Waals surface area contributed by atoms with Crippen molar-refractivity contribution >= 4 is 23.0 Å². The Kier molecular flexibility index (Phi) is 4.58. The summed E-state index contributed by atoms with van der Waals surface area (Å²) in [6.07, 6.45) is -3.45. The molecular formula is C9H11IN2O8. The first-order valence-electron chi connectivity index (χ1n) is 5.40. The normalized spacial score (nSPS) is 33.5. The second-order valence-corrected chi connectivity index (χ2v) is 4.39. The van der Waals surface area contributed by atoms with Crippen molar-refractivity contribution in [3.8, 4) is 0 Å². The van der Waals surface area contributed by atoms with Gasteiger partial charge in [-0.05, 0) is 0 Å². The molecule has 0 saturated carbocycles. The van der Waals surface area contributed by atoms with Crippen LogP contribution in [0.4, 0.5) is 0 Å². The molecule has 2 rings (SSSR count). The number of H-pyrrole nitrogens is 1. The number of aromatic amines is 1. The molecule has 0 aliphatic carbocycles. The van der Waals surface area contributed by atoms with Gasteiger partial charge in [-0.15, -0.1) is 0 Å². The number of aliphatic hydroxyl groups excluding tert-OH is 3. The first kappa shape index (κ1) is 15.6. The predicted octanol–water partition coefficient (Wildman–Crippen LogP) is -2.44. The standard InChI is InChI=1S/C9H11IN2O8/c10-20-19-9(7(16)6(15)4(3-13)18-9)12-2-1-5(14)11-8(12)17/h1-2,4,6-7,13,15-16H,3H2,(H,11,14,17)/t4-,6-,7-,9+/m1/s1. The molecule has 1 aromatic rings. The minimum atomic E-state index is -2.23. The van der Waals surface area contributed by atoms with Crippen molar-refractivity contribution in [2.24, 2.45) is 0 Å². The number of hydrogen-bond donors (Lipinski definition) is 4. The molecule has 20 heavy (non-hydrogen) atoms. The van der Waals surface area contributed by atoms with Crippen LogP contribution in [0.15, 0.2) is 21.9 Å². The summed E-state index contributed by atoms with van der Waals surface area (Å²) in [5.74, 6) is -2.23. The highest BCUT2D eigenvalue weighted by Gasteiger charge is 2.58. The van der Waals surface area contributed by atoms with Crippen LogP contribution in [0.2, 0.25) is 0 Å². The summed E-state index contributed by atoms with van der Waals surface area (Å²) in [5, 5.41) is 28.9. The molecule has 2 heterocycles. The van der Waals surface area contributed by atoms with E-state index < -0.39 is 42.1 Å². The lowest BCUT2D eigenvalue weighted by Gasteiger charge is -2.30. The lowest BCUT2D eigenvalue weighted by Crippen LogP contribution is -2.52. The lowest BCUT2D eigenvalue weighted by molar-refractivity contribution is -0.420. The van der Waals surface area contributed by atoms with Gasteiger partial charge in [0.1, 0.15) is 12.2 Å². The second-order valence-electron chi connectivity index (χ2n) is 4.03. The number of nitrogens with one attached hydrogen (secondary N) is 1. The maximum absolute atomic E-state index is 11.8. The number of aromatic nitrogens is 2. The fraction of sp³-hybridized carbons (Fsp3) is 0.556. The van der Waals surface area contributed by atoms with E-state index in [1.165, 1.54) is 23.0 Å². The Morgan fingerprint density at radius 2 is 2.20 bits per heavy atom. The number of nitrogens with zero attached hydrogens (tertiary/aromatic N) is 1. The highest BCUT2D eigenvalue weighted by atomic mass is 127. The summed E-state index contributed by atoms with van der Waals surface area (Å²) in [5.41, 5.74) is -1.61. The largest absolute Gasteiger partial charge is 0.394 e. The lowest BCUT2D eigenvalue weighted by atomic mass is 10.1. The molecule has 0 unspecified atom stereocenters. The number of aliphatic hydroxyl groups is 3. The molecule has 0 aromatic carbocycles. The fourth-order valence-electron chi connectivity index (χ4n) is 1.94. The van der Waals surface area contributed by atoms with Crippen LogP contribution >= 0.6 is 23.0 Å². The third-order valence-electron chi connectivity index (χ3n) is 2.89. The number of rotatable bonds is 4. The first-order chi connectivity index (χ1) is 9.46. The van der Waals surface area contributed by atoms with Crippen molar-refractivity contribution < 1.29 is 28.2 Å². The molecule has 0 radical (unpaired) electrons. The van der Waals surface area contributed by atoms with Crippen LogP contribution < -0.4 is 11.2 Å². The summed E-state index contributed by atoms with van der Waals surface area (Å²) in [4.78, 5) is 29.6. The van der Waals surface area contributed by atoms with Crippen LogP contribution in [-0.4, -0.2) is 49.8 Å². The van der Waals surface area contributed by atoms with Gasteiger partial charge in [0.15, 0.2) is 29.1 Å². The van der Waals surface area contributed by atoms with Crippen LogP contribution in [-0.2, 0) is 18.8 Å². The first-order valence-corrected chi connectivity index (χ1v) is 6.28. The van der Waals surface area contributed by atoms with Crippen molar-refractivity contribution in [1.29, 1.82) is 0 Å². The Balaban J connectivity index is 2.55. The average Bonchev–Trinajstić information content (AvgIpc) is 2.65. The molecule has 112 valence electrons. The van der Waals surface area contributed by atoms with Gasteiger partial charge >= 0.3 is 11.6 Å². The zero-order chi connectivity index (χ0) is 14.9. The summed E-state index contributed by atoms with van der Waals surface area (Å²) in [7, 11) is 0. The number of ether oxygens (including phenoxy) is 1. The molecule has 11 heteroatoms. The number of hydrogen-bond acceptors (Lipinski definition) is 8. The Labute approximate surface area is 125 Å². The van der Waals surface area contributed by atoms with Crippen LogP contribution in [0.5, 0.6) is 0 Å². The van der Waals surface area contributed by atoms with Crippen molar-refractivity contribution in [3.63, 3.8) is 0 Å². The average molecular weight is 402 g/mol. The summed E-state index contributed by atoms with van der Waals surface area (Å²) < 4.78 is 10.3. The molecule has 10 nitrogen and oxygen atoms in total. The van der Waals surface area contributed by atoms with E-state index >= 15 is 0 Å². The molecule has 1 aromatic heterocycles. The van der Waals surface area contributed by atoms with Crippen molar-refractivity contribution in [2.45, 2.75) is 24.2 Å². The van der Waals surface area contributed by atoms with Crippen LogP contribution in [0.25, 0.3) is 0 Å². The summed E-state index contributed by atoms with van der Waals surface area (Å²) in [6.45, 7) is -0.622. The molecule has 0 bridgehead atoms. The molecular weight excluding hydrogens is 391 g/mol. The third kappa shape index (κ3) is 2.41. The van der Waals surface area contributed by atoms with E-state index in [0.29, 0.717) is 4.57 Å². The molecule has 1 aliphatic rings. The fourth-order valence-corrected chi connectivity index (χ4v) is 2.19. The summed E-state index contributed by atoms with van der Waals surface area (Å²) in [6, 6.07) is 0.994. The minimum Gasteiger partial charge on any atom is -0.394 e. The van der Waals surface area contributed by atoms with Gasteiger partial charge in [0.05, 0.1) is 6.61 Å². The van der Waals surface area contributed by atoms with Gasteiger partial charge in [-0.25, -0.2) is 9.36 Å². The Morgan fingerprint density at radius 3 is 2.70 bits per heavy atom. The quantitative estimate of drug-likeness (QED) is 0.247. The highest BCUT2D eigenvalue weighted by molar-refractivity contribution is 14.1. The Bertz CT molecular complexity index is 588. The van der Waals surface area contributed by atoms with Gasteiger partial charge in [-0.1, -0.05) is 0 Å². The third-order valence-corrected chi connectivity index (χ3v) is 3.07. The molecule has 4 N–H and O–H groups in total. The predicted molar refractivity (Wildman–Crippen MR) is 69.5 cm³/mol. The van der Waals surface area contributed by atoms with Gasteiger partial charge in [0.2, 0.25) is 0 Å². The van der Waals surface area contributed by atoms with E-state index in [1.54, 1.807) is 0 Å². The van der Waals surface area contributed by atoms with Gasteiger partial charge in [-0.2, -0.15) is 8.10 Å². The Hall–Kier alpha value is -0.830. The van der Waals surface area contributed by atoms with E-state index in [9.17, 15) is 19.8 Å². The van der Waals surface area contributed by atoms with Crippen LogP contribution in [0.3, 0.4) is 0 Å². The van der Waals surface area contributed by atoms with Crippen molar-refractivity contribution in [2.75, 3.05) is 6.61 Å². The number of halogens is 1. The minimum absolute atomic E-state index is 0.622. The second kappa shape index (κ2) is 5.88. The van der Waals surface area contributed by atoms with Crippen LogP contribution in [0.1, 0.15) is 0 Å². The van der Waals surface area contributed by atoms with E-state index in [1.807, 2.05) is 4.98 Å². The SMILES string of the molecule is O=c1ccn([C@]2(OOI)O[C@H](CO)[C@@H](O)[C@H]2O)c(=O)[nH]1. The molecule has 4 atom stereocenters. The highest BCUT2D eigenvalue weighted by Crippen LogP contribution is 2.36. The molecule has 1 saturated heterocycles. The molecule has 0 amide bonds. The molecule has 1 fully saturated rings. The smallest absolute Gasteiger partial charge is 0.332 e. The van der Waals surface area contributed by atoms with Gasteiger partial charge in [0, 0.05) is 12.3 Å². The van der Waals surface area contributed by atoms with Crippen molar-refractivity contribution in [3.05, 3.63) is 33.1 Å². The Morgan fingerprint density at radius 1 is 1.50 bits per heavy atom. The zero-order valence-electron chi connectivity index (χ0n) is 9.80. The van der Waals surface area contributed by atoms with Gasteiger partial charge < -0.3 is 20.1 Å². The van der Waals surface area contributed by atoms with E-state index in [-0.39, 0.29) is 0 Å². The van der Waals surface area contributed by atoms with Gasteiger partial charge in [0.25, 0.3) is 5.56 Å². The van der Waals surface area contributed by atoms with Crippen LogP contribution in [0, 0.1) is 0 Å². The van der Waals surface area contributed by atoms with E-state index in [2.05, 4.69) is 3.22 Å². The van der Waals surface area contributed by atoms with Crippen molar-refractivity contribution in [1.82, 2.24) is 9.55 Å². The molecule has 0 spiro atoms. The van der Waals surface area contributed by atoms with E-state index in [4.69, 9.17) is 14.7 Å². The zero-order valence-corrected chi connectivity index (χ0v) is 12.0. The monoisotopic (exact) mass is 402 g/mol. The van der Waals surface area contributed by atoms with E-state index in [0.717, 1.165) is 12.3 Å². The summed E-state index contributed by atoms with van der Waals surface area (Å²) >= 11 is 1.32.